The molecule has 1 aromatic carbocycles. The minimum Gasteiger partial charge on any atom is -0.441 e. The number of aryl methyl sites for hydroxylation is 1. The largest absolute Gasteiger partial charge is 0.441 e. The van der Waals surface area contributed by atoms with Crippen LogP contribution in [0.1, 0.15) is 25.3 Å². The summed E-state index contributed by atoms with van der Waals surface area (Å²) in [5.41, 5.74) is 0.780. The van der Waals surface area contributed by atoms with Gasteiger partial charge in [-0.2, -0.15) is 0 Å². The highest BCUT2D eigenvalue weighted by molar-refractivity contribution is 5.96. The van der Waals surface area contributed by atoms with Crippen LogP contribution in [-0.2, 0) is 16.1 Å². The van der Waals surface area contributed by atoms with Crippen LogP contribution < -0.4 is 0 Å². The van der Waals surface area contributed by atoms with Crippen LogP contribution in [0.3, 0.4) is 0 Å². The Morgan fingerprint density at radius 3 is 2.52 bits per heavy atom. The fourth-order valence-corrected chi connectivity index (χ4v) is 2.92. The number of halogens is 1. The van der Waals surface area contributed by atoms with E-state index < -0.39 is 17.9 Å². The van der Waals surface area contributed by atoms with Crippen LogP contribution in [0.2, 0.25) is 0 Å². The number of carbonyl (C=O) groups is 2. The third kappa shape index (κ3) is 2.90. The topological polar surface area (TPSA) is 66.7 Å². The smallest absolute Gasteiger partial charge is 0.246 e. The van der Waals surface area contributed by atoms with Crippen molar-refractivity contribution in [3.05, 3.63) is 41.5 Å². The molecule has 2 atom stereocenters. The zero-order chi connectivity index (χ0) is 18.3. The van der Waals surface area contributed by atoms with Crippen LogP contribution in [-0.4, -0.2) is 45.7 Å². The molecule has 2 aromatic rings. The second-order valence-corrected chi connectivity index (χ2v) is 6.27. The zero-order valence-electron chi connectivity index (χ0n) is 14.6. The lowest BCUT2D eigenvalue weighted by Gasteiger charge is -2.40. The summed E-state index contributed by atoms with van der Waals surface area (Å²) in [6, 6.07) is 5.10. The van der Waals surface area contributed by atoms with Crippen molar-refractivity contribution >= 4 is 11.8 Å². The van der Waals surface area contributed by atoms with Gasteiger partial charge in [0.05, 0.1) is 12.1 Å². The fourth-order valence-electron chi connectivity index (χ4n) is 2.92. The predicted octanol–water partition coefficient (Wildman–Crippen LogP) is 2.37. The van der Waals surface area contributed by atoms with Crippen LogP contribution in [0, 0.1) is 12.7 Å². The summed E-state index contributed by atoms with van der Waals surface area (Å²) in [4.78, 5) is 32.1. The Hall–Kier alpha value is -2.70. The molecular weight excluding hydrogens is 325 g/mol. The van der Waals surface area contributed by atoms with E-state index in [0.717, 1.165) is 0 Å². The summed E-state index contributed by atoms with van der Waals surface area (Å²) in [5.74, 6) is -0.0355. The molecule has 7 heteroatoms. The highest BCUT2D eigenvalue weighted by Crippen LogP contribution is 2.26. The Kier molecular flexibility index (Phi) is 4.32. The van der Waals surface area contributed by atoms with Gasteiger partial charge in [0.15, 0.2) is 0 Å². The fraction of sp³-hybridized carbons (Fsp3) is 0.389. The van der Waals surface area contributed by atoms with Crippen molar-refractivity contribution in [1.82, 2.24) is 14.8 Å². The minimum absolute atomic E-state index is 0.123. The van der Waals surface area contributed by atoms with Crippen molar-refractivity contribution in [2.75, 3.05) is 7.05 Å². The van der Waals surface area contributed by atoms with E-state index >= 15 is 0 Å². The average molecular weight is 345 g/mol. The maximum absolute atomic E-state index is 13.9. The summed E-state index contributed by atoms with van der Waals surface area (Å²) in [6.07, 6.45) is 0. The maximum Gasteiger partial charge on any atom is 0.246 e. The first-order valence-electron chi connectivity index (χ1n) is 8.09. The molecule has 0 unspecified atom stereocenters. The second-order valence-electron chi connectivity index (χ2n) is 6.27. The van der Waals surface area contributed by atoms with Crippen molar-refractivity contribution in [3.8, 4) is 11.5 Å². The van der Waals surface area contributed by atoms with Crippen LogP contribution in [0.5, 0.6) is 0 Å². The summed E-state index contributed by atoms with van der Waals surface area (Å²) in [6.45, 7) is 5.24. The summed E-state index contributed by atoms with van der Waals surface area (Å²) in [7, 11) is 1.62. The summed E-state index contributed by atoms with van der Waals surface area (Å²) < 4.78 is 19.5. The molecule has 6 nitrogen and oxygen atoms in total. The van der Waals surface area contributed by atoms with Crippen molar-refractivity contribution < 1.29 is 18.4 Å². The third-order valence-corrected chi connectivity index (χ3v) is 4.71. The number of carbonyl (C=O) groups excluding carboxylic acids is 2. The highest BCUT2D eigenvalue weighted by Gasteiger charge is 2.40. The monoisotopic (exact) mass is 345 g/mol. The first-order valence-corrected chi connectivity index (χ1v) is 8.09. The van der Waals surface area contributed by atoms with Gasteiger partial charge in [-0.25, -0.2) is 9.37 Å². The Morgan fingerprint density at radius 1 is 1.16 bits per heavy atom. The first-order chi connectivity index (χ1) is 11.8. The van der Waals surface area contributed by atoms with Crippen LogP contribution >= 0.6 is 0 Å². The van der Waals surface area contributed by atoms with Crippen LogP contribution in [0.4, 0.5) is 4.39 Å². The molecule has 1 fully saturated rings. The van der Waals surface area contributed by atoms with Gasteiger partial charge in [-0.05, 0) is 32.9 Å². The van der Waals surface area contributed by atoms with Gasteiger partial charge in [-0.3, -0.25) is 9.59 Å². The molecule has 132 valence electrons. The van der Waals surface area contributed by atoms with E-state index in [1.165, 1.54) is 15.9 Å². The molecule has 0 saturated carbocycles. The number of hydrogen-bond donors (Lipinski definition) is 0. The van der Waals surface area contributed by atoms with Crippen LogP contribution in [0.15, 0.2) is 28.7 Å². The molecule has 3 rings (SSSR count). The molecule has 0 spiro atoms. The molecule has 25 heavy (non-hydrogen) atoms. The number of amides is 2. The van der Waals surface area contributed by atoms with Gasteiger partial charge in [0, 0.05) is 7.05 Å². The number of benzene rings is 1. The normalized spacial score (nSPS) is 21.2. The SMILES string of the molecule is Cc1oc(-c2ccccc2F)nc1CN1C(=O)[C@H](C)N(C)C(=O)[C@@H]1C. The van der Waals surface area contributed by atoms with E-state index in [-0.39, 0.29) is 29.8 Å². The van der Waals surface area contributed by atoms with Crippen molar-refractivity contribution in [3.63, 3.8) is 0 Å². The van der Waals surface area contributed by atoms with Crippen molar-refractivity contribution in [2.24, 2.45) is 0 Å². The predicted molar refractivity (Wildman–Crippen MR) is 88.9 cm³/mol. The molecule has 2 heterocycles. The molecule has 0 aliphatic carbocycles. The molecular formula is C18H20FN3O3. The molecule has 2 amide bonds. The zero-order valence-corrected chi connectivity index (χ0v) is 14.6. The van der Waals surface area contributed by atoms with Crippen molar-refractivity contribution in [2.45, 2.75) is 39.4 Å². The van der Waals surface area contributed by atoms with E-state index in [4.69, 9.17) is 4.42 Å². The quantitative estimate of drug-likeness (QED) is 0.856. The third-order valence-electron chi connectivity index (χ3n) is 4.71. The lowest BCUT2D eigenvalue weighted by atomic mass is 10.1. The lowest BCUT2D eigenvalue weighted by Crippen LogP contribution is -2.61. The Morgan fingerprint density at radius 2 is 1.84 bits per heavy atom. The Balaban J connectivity index is 1.90. The summed E-state index contributed by atoms with van der Waals surface area (Å²) in [5, 5.41) is 0. The minimum atomic E-state index is -0.582. The summed E-state index contributed by atoms with van der Waals surface area (Å²) >= 11 is 0. The standard InChI is InChI=1S/C18H20FN3O3/c1-10-18(24)22(11(2)17(23)21(10)4)9-15-12(3)25-16(20-15)13-7-5-6-8-14(13)19/h5-8,10-11H,9H2,1-4H3/t10-,11-/m0/s1. The average Bonchev–Trinajstić information content (AvgIpc) is 2.96. The van der Waals surface area contributed by atoms with Gasteiger partial charge in [-0.1, -0.05) is 12.1 Å². The second kappa shape index (κ2) is 6.31. The van der Waals surface area contributed by atoms with E-state index in [0.29, 0.717) is 11.5 Å². The molecule has 1 aliphatic heterocycles. The number of nitrogens with zero attached hydrogens (tertiary/aromatic N) is 3. The molecule has 0 N–H and O–H groups in total. The number of likely N-dealkylation sites (N-methyl/N-ethyl adjacent to an activating group) is 1. The number of hydrogen-bond acceptors (Lipinski definition) is 4. The number of aromatic nitrogens is 1. The maximum atomic E-state index is 13.9. The van der Waals surface area contributed by atoms with Gasteiger partial charge >= 0.3 is 0 Å². The number of oxazole rings is 1. The Labute approximate surface area is 145 Å². The molecule has 1 aliphatic rings. The lowest BCUT2D eigenvalue weighted by molar-refractivity contribution is -0.159. The van der Waals surface area contributed by atoms with E-state index in [1.807, 2.05) is 0 Å². The van der Waals surface area contributed by atoms with Crippen molar-refractivity contribution in [1.29, 1.82) is 0 Å². The van der Waals surface area contributed by atoms with Gasteiger partial charge < -0.3 is 14.2 Å². The molecule has 0 bridgehead atoms. The van der Waals surface area contributed by atoms with Gasteiger partial charge in [0.2, 0.25) is 17.7 Å². The number of piperazine rings is 1. The van der Waals surface area contributed by atoms with Gasteiger partial charge in [-0.15, -0.1) is 0 Å². The van der Waals surface area contributed by atoms with E-state index in [9.17, 15) is 14.0 Å². The first kappa shape index (κ1) is 17.1. The van der Waals surface area contributed by atoms with Gasteiger partial charge in [0.25, 0.3) is 0 Å². The molecule has 1 saturated heterocycles. The number of rotatable bonds is 3. The molecule has 1 aromatic heterocycles. The Bertz CT molecular complexity index is 833. The highest BCUT2D eigenvalue weighted by atomic mass is 19.1. The molecule has 0 radical (unpaired) electrons. The van der Waals surface area contributed by atoms with Crippen LogP contribution in [0.25, 0.3) is 11.5 Å². The van der Waals surface area contributed by atoms with E-state index in [1.54, 1.807) is 46.0 Å². The van der Waals surface area contributed by atoms with Gasteiger partial charge in [0.1, 0.15) is 29.4 Å². The van der Waals surface area contributed by atoms with E-state index in [2.05, 4.69) is 4.98 Å².